The Balaban J connectivity index is 0.00000109. The first-order valence-electron chi connectivity index (χ1n) is 6.62. The van der Waals surface area contributed by atoms with Crippen molar-refractivity contribution in [1.29, 1.82) is 0 Å². The van der Waals surface area contributed by atoms with E-state index in [1.807, 2.05) is 21.2 Å². The van der Waals surface area contributed by atoms with Crippen LogP contribution in [-0.4, -0.2) is 14.9 Å². The third-order valence-corrected chi connectivity index (χ3v) is 4.34. The Kier molecular flexibility index (Phi) is 8.01. The fraction of sp³-hybridized carbons (Fsp3) is 0. The second kappa shape index (κ2) is 9.77. The lowest BCUT2D eigenvalue weighted by Crippen LogP contribution is -2.02. The van der Waals surface area contributed by atoms with Gasteiger partial charge in [-0.15, -0.1) is 9.80 Å². The topological polar surface area (TPSA) is 50.1 Å². The maximum atomic E-state index is 14.2. The molecule has 3 rings (SSSR count). The molecule has 0 fully saturated rings. The summed E-state index contributed by atoms with van der Waals surface area (Å²) in [5, 5.41) is 14.6. The molecule has 0 aliphatic rings. The van der Waals surface area contributed by atoms with Gasteiger partial charge in [0.25, 0.3) is 0 Å². The number of hydrogen-bond donors (Lipinski definition) is 3. The second-order valence-electron chi connectivity index (χ2n) is 4.52. The van der Waals surface area contributed by atoms with Crippen LogP contribution in [0.15, 0.2) is 53.7 Å². The highest BCUT2D eigenvalue weighted by molar-refractivity contribution is 14.2. The van der Waals surface area contributed by atoms with E-state index < -0.39 is 5.82 Å². The Morgan fingerprint density at radius 1 is 1.24 bits per heavy atom. The Hall–Kier alpha value is -0.810. The summed E-state index contributed by atoms with van der Waals surface area (Å²) in [6, 6.07) is 9.36. The van der Waals surface area contributed by atoms with Crippen molar-refractivity contribution in [3.63, 3.8) is 0 Å². The number of phenolic OH excluding ortho intramolecular Hbond substituents is 1. The third kappa shape index (κ3) is 5.10. The molecule has 0 aliphatic heterocycles. The van der Waals surface area contributed by atoms with E-state index in [4.69, 9.17) is 23.2 Å². The van der Waals surface area contributed by atoms with Crippen molar-refractivity contribution in [3.8, 4) is 11.4 Å². The summed E-state index contributed by atoms with van der Waals surface area (Å²) in [4.78, 5) is 0.386. The fourth-order valence-corrected chi connectivity index (χ4v) is 3.36. The summed E-state index contributed by atoms with van der Waals surface area (Å²) < 4.78 is 18.6. The van der Waals surface area contributed by atoms with Crippen molar-refractivity contribution in [2.75, 3.05) is 4.72 Å². The van der Waals surface area contributed by atoms with Crippen molar-refractivity contribution in [2.24, 2.45) is 0 Å². The van der Waals surface area contributed by atoms with Crippen LogP contribution in [0.2, 0.25) is 10.0 Å². The standard InChI is InChI=1S/C15H10Cl2FN3OS.HIS/c16-9-7-10(17)15(22)13(8-9)23-20-14-11(18)3-1-4-12(14)21-6-2-5-19-21;1-2/h1-8,20,22H;2H. The van der Waals surface area contributed by atoms with E-state index in [-0.39, 0.29) is 16.5 Å². The first kappa shape index (κ1) is 20.5. The van der Waals surface area contributed by atoms with Crippen LogP contribution in [0.3, 0.4) is 0 Å². The van der Waals surface area contributed by atoms with E-state index in [0.717, 1.165) is 11.9 Å². The van der Waals surface area contributed by atoms with E-state index in [9.17, 15) is 9.50 Å². The number of aromatic hydroxyl groups is 1. The van der Waals surface area contributed by atoms with Crippen molar-refractivity contribution in [1.82, 2.24) is 9.78 Å². The van der Waals surface area contributed by atoms with Gasteiger partial charge >= 0.3 is 0 Å². The van der Waals surface area contributed by atoms with Crippen LogP contribution in [0.25, 0.3) is 5.69 Å². The Bertz CT molecular complexity index is 853. The highest BCUT2D eigenvalue weighted by atomic mass is 127. The smallest absolute Gasteiger partial charge is 0.149 e. The van der Waals surface area contributed by atoms with Gasteiger partial charge in [0.15, 0.2) is 0 Å². The monoisotopic (exact) mass is 529 g/mol. The number of para-hydroxylation sites is 1. The second-order valence-corrected chi connectivity index (χ2v) is 6.21. The zero-order valence-electron chi connectivity index (χ0n) is 12.3. The SMILES string of the molecule is Oc1c(Cl)cc(Cl)cc1SNc1c(F)cccc1-n1cccn1.SI. The maximum absolute atomic E-state index is 14.2. The highest BCUT2D eigenvalue weighted by Gasteiger charge is 2.13. The largest absolute Gasteiger partial charge is 0.505 e. The predicted molar refractivity (Wildman–Crippen MR) is 114 cm³/mol. The molecule has 0 unspecified atom stereocenters. The summed E-state index contributed by atoms with van der Waals surface area (Å²) in [6.45, 7) is 0. The molecule has 2 N–H and O–H groups in total. The van der Waals surface area contributed by atoms with E-state index >= 15 is 0 Å². The molecule has 2 aromatic carbocycles. The van der Waals surface area contributed by atoms with Gasteiger partial charge in [0, 0.05) is 17.4 Å². The fourth-order valence-electron chi connectivity index (χ4n) is 1.94. The van der Waals surface area contributed by atoms with Crippen LogP contribution < -0.4 is 4.72 Å². The average molecular weight is 530 g/mol. The average Bonchev–Trinajstić information content (AvgIpc) is 3.13. The molecule has 0 atom stereocenters. The minimum atomic E-state index is -0.446. The van der Waals surface area contributed by atoms with Gasteiger partial charge in [-0.2, -0.15) is 5.10 Å². The minimum absolute atomic E-state index is 0.120. The van der Waals surface area contributed by atoms with Crippen LogP contribution in [-0.2, 0) is 0 Å². The quantitative estimate of drug-likeness (QED) is 0.208. The molecule has 0 amide bonds. The number of phenols is 1. The first-order chi connectivity index (χ1) is 12.1. The molecular weight excluding hydrogens is 519 g/mol. The zero-order valence-corrected chi connectivity index (χ0v) is 17.7. The lowest BCUT2D eigenvalue weighted by Gasteiger charge is -2.13. The number of nitrogens with zero attached hydrogens (tertiary/aromatic N) is 2. The summed E-state index contributed by atoms with van der Waals surface area (Å²) in [5.74, 6) is -0.566. The van der Waals surface area contributed by atoms with Gasteiger partial charge < -0.3 is 9.83 Å². The number of hydrogen-bond acceptors (Lipinski definition) is 5. The zero-order chi connectivity index (χ0) is 18.4. The van der Waals surface area contributed by atoms with Gasteiger partial charge in [-0.1, -0.05) is 29.3 Å². The molecule has 10 heteroatoms. The molecule has 0 bridgehead atoms. The molecule has 25 heavy (non-hydrogen) atoms. The Morgan fingerprint density at radius 2 is 2.00 bits per heavy atom. The normalized spacial score (nSPS) is 10.1. The molecule has 0 saturated heterocycles. The van der Waals surface area contributed by atoms with Crippen molar-refractivity contribution >= 4 is 71.8 Å². The van der Waals surface area contributed by atoms with Crippen molar-refractivity contribution < 1.29 is 9.50 Å². The van der Waals surface area contributed by atoms with Crippen LogP contribution in [0, 0.1) is 5.82 Å². The number of rotatable bonds is 4. The van der Waals surface area contributed by atoms with Crippen LogP contribution in [0.1, 0.15) is 0 Å². The maximum Gasteiger partial charge on any atom is 0.149 e. The number of thiol groups is 1. The van der Waals surface area contributed by atoms with E-state index in [2.05, 4.69) is 19.6 Å². The first-order valence-corrected chi connectivity index (χ1v) is 11.4. The van der Waals surface area contributed by atoms with Crippen LogP contribution in [0.5, 0.6) is 5.75 Å². The summed E-state index contributed by atoms with van der Waals surface area (Å²) >= 11 is 14.7. The molecule has 1 aromatic heterocycles. The van der Waals surface area contributed by atoms with E-state index in [1.165, 1.54) is 22.9 Å². The number of benzene rings is 2. The Labute approximate surface area is 175 Å². The molecule has 4 nitrogen and oxygen atoms in total. The highest BCUT2D eigenvalue weighted by Crippen LogP contribution is 2.38. The van der Waals surface area contributed by atoms with E-state index in [1.54, 1.807) is 30.6 Å². The summed E-state index contributed by atoms with van der Waals surface area (Å²) in [6.07, 6.45) is 3.31. The molecule has 1 heterocycles. The molecule has 3 aromatic rings. The van der Waals surface area contributed by atoms with Gasteiger partial charge in [0.1, 0.15) is 17.3 Å². The number of aromatic nitrogens is 2. The molecular formula is C15H11Cl2FIN3OS2. The summed E-state index contributed by atoms with van der Waals surface area (Å²) in [5.41, 5.74) is 0.770. The van der Waals surface area contributed by atoms with Crippen LogP contribution in [0.4, 0.5) is 10.1 Å². The number of anilines is 1. The van der Waals surface area contributed by atoms with Gasteiger partial charge in [0.2, 0.25) is 0 Å². The number of halogens is 4. The molecule has 0 aliphatic carbocycles. The number of nitrogens with one attached hydrogen (secondary N) is 1. The van der Waals surface area contributed by atoms with Gasteiger partial charge in [0.05, 0.1) is 15.6 Å². The lowest BCUT2D eigenvalue weighted by molar-refractivity contribution is 0.463. The van der Waals surface area contributed by atoms with Crippen LogP contribution >= 0.6 is 66.2 Å². The lowest BCUT2D eigenvalue weighted by atomic mass is 10.2. The van der Waals surface area contributed by atoms with Crippen molar-refractivity contribution in [3.05, 3.63) is 64.7 Å². The predicted octanol–water partition coefficient (Wildman–Crippen LogP) is 6.41. The molecule has 0 spiro atoms. The molecule has 0 radical (unpaired) electrons. The summed E-state index contributed by atoms with van der Waals surface area (Å²) in [7, 11) is 3.50. The van der Waals surface area contributed by atoms with Crippen molar-refractivity contribution in [2.45, 2.75) is 4.90 Å². The van der Waals surface area contributed by atoms with E-state index in [0.29, 0.717) is 15.6 Å². The minimum Gasteiger partial charge on any atom is -0.505 e. The third-order valence-electron chi connectivity index (χ3n) is 3.00. The molecule has 132 valence electrons. The van der Waals surface area contributed by atoms with Gasteiger partial charge in [-0.25, -0.2) is 9.07 Å². The van der Waals surface area contributed by atoms with Gasteiger partial charge in [-0.05, 0) is 63.5 Å². The Morgan fingerprint density at radius 3 is 2.68 bits per heavy atom. The van der Waals surface area contributed by atoms with Gasteiger partial charge in [-0.3, -0.25) is 0 Å². The molecule has 0 saturated carbocycles.